The van der Waals surface area contributed by atoms with Crippen molar-refractivity contribution in [3.63, 3.8) is 0 Å². The first-order chi connectivity index (χ1) is 9.65. The molecule has 0 amide bonds. The highest BCUT2D eigenvalue weighted by Crippen LogP contribution is 2.29. The van der Waals surface area contributed by atoms with Gasteiger partial charge in [-0.2, -0.15) is 5.26 Å². The van der Waals surface area contributed by atoms with E-state index in [4.69, 9.17) is 4.74 Å². The molecule has 0 saturated carbocycles. The van der Waals surface area contributed by atoms with Crippen molar-refractivity contribution in [2.45, 2.75) is 19.8 Å². The summed E-state index contributed by atoms with van der Waals surface area (Å²) in [4.78, 5) is 13.9. The van der Waals surface area contributed by atoms with Crippen molar-refractivity contribution in [3.05, 3.63) is 28.2 Å². The third kappa shape index (κ3) is 3.31. The zero-order valence-corrected chi connectivity index (χ0v) is 13.0. The van der Waals surface area contributed by atoms with Crippen LogP contribution in [0.2, 0.25) is 0 Å². The van der Waals surface area contributed by atoms with Gasteiger partial charge in [0.05, 0.1) is 23.8 Å². The van der Waals surface area contributed by atoms with Crippen molar-refractivity contribution in [1.82, 2.24) is 0 Å². The monoisotopic (exact) mass is 336 g/mol. The van der Waals surface area contributed by atoms with E-state index in [0.717, 1.165) is 36.1 Å². The fourth-order valence-electron chi connectivity index (χ4n) is 2.48. The van der Waals surface area contributed by atoms with Crippen molar-refractivity contribution < 1.29 is 9.53 Å². The molecular weight excluding hydrogens is 320 g/mol. The number of nitrogens with zero attached hydrogens (tertiary/aromatic N) is 2. The zero-order valence-electron chi connectivity index (χ0n) is 11.4. The summed E-state index contributed by atoms with van der Waals surface area (Å²) in [6.45, 7) is 3.81. The van der Waals surface area contributed by atoms with Gasteiger partial charge >= 0.3 is 5.97 Å². The average Bonchev–Trinajstić information content (AvgIpc) is 2.47. The summed E-state index contributed by atoms with van der Waals surface area (Å²) in [5.74, 6) is -0.106. The quantitative estimate of drug-likeness (QED) is 0.796. The Labute approximate surface area is 127 Å². The van der Waals surface area contributed by atoms with Gasteiger partial charge in [-0.15, -0.1) is 0 Å². The molecule has 2 rings (SSSR count). The van der Waals surface area contributed by atoms with E-state index in [-0.39, 0.29) is 11.9 Å². The first-order valence-electron chi connectivity index (χ1n) is 6.77. The first-order valence-corrected chi connectivity index (χ1v) is 7.56. The lowest BCUT2D eigenvalue weighted by atomic mass is 9.96. The topological polar surface area (TPSA) is 53.3 Å². The van der Waals surface area contributed by atoms with E-state index in [1.807, 2.05) is 25.1 Å². The molecule has 1 saturated heterocycles. The van der Waals surface area contributed by atoms with E-state index in [9.17, 15) is 10.1 Å². The molecule has 0 N–H and O–H groups in total. The van der Waals surface area contributed by atoms with Crippen LogP contribution in [-0.4, -0.2) is 25.7 Å². The van der Waals surface area contributed by atoms with Gasteiger partial charge in [-0.3, -0.25) is 4.79 Å². The Kier molecular flexibility index (Phi) is 5.02. The molecule has 0 aliphatic carbocycles. The largest absolute Gasteiger partial charge is 0.466 e. The molecule has 1 aliphatic heterocycles. The number of hydrogen-bond acceptors (Lipinski definition) is 4. The van der Waals surface area contributed by atoms with E-state index in [2.05, 4.69) is 26.9 Å². The Hall–Kier alpha value is -1.54. The van der Waals surface area contributed by atoms with Gasteiger partial charge in [0.1, 0.15) is 6.07 Å². The SMILES string of the molecule is CCOC(=O)C1CCN(c2cc(Br)ccc2C#N)CC1. The molecule has 0 unspecified atom stereocenters. The highest BCUT2D eigenvalue weighted by atomic mass is 79.9. The van der Waals surface area contributed by atoms with Gasteiger partial charge in [-0.05, 0) is 38.0 Å². The molecule has 106 valence electrons. The highest BCUT2D eigenvalue weighted by Gasteiger charge is 2.27. The minimum Gasteiger partial charge on any atom is -0.466 e. The predicted molar refractivity (Wildman–Crippen MR) is 80.4 cm³/mol. The molecule has 0 atom stereocenters. The molecule has 0 bridgehead atoms. The first kappa shape index (κ1) is 14.9. The van der Waals surface area contributed by atoms with Crippen LogP contribution in [0.25, 0.3) is 0 Å². The Bertz CT molecular complexity index is 531. The van der Waals surface area contributed by atoms with Gasteiger partial charge in [0.2, 0.25) is 0 Å². The summed E-state index contributed by atoms with van der Waals surface area (Å²) in [6.07, 6.45) is 1.55. The van der Waals surface area contributed by atoms with Crippen LogP contribution in [0.4, 0.5) is 5.69 Å². The highest BCUT2D eigenvalue weighted by molar-refractivity contribution is 9.10. The number of hydrogen-bond donors (Lipinski definition) is 0. The van der Waals surface area contributed by atoms with E-state index < -0.39 is 0 Å². The normalized spacial score (nSPS) is 15.8. The standard InChI is InChI=1S/C15H17BrN2O2/c1-2-20-15(19)11-5-7-18(8-6-11)14-9-13(16)4-3-12(14)10-17/h3-4,9,11H,2,5-8H2,1H3. The summed E-state index contributed by atoms with van der Waals surface area (Å²) in [6, 6.07) is 7.87. The number of piperidine rings is 1. The van der Waals surface area contributed by atoms with Crippen molar-refractivity contribution in [2.24, 2.45) is 5.92 Å². The second-order valence-electron chi connectivity index (χ2n) is 4.79. The van der Waals surface area contributed by atoms with Crippen LogP contribution in [0.5, 0.6) is 0 Å². The number of anilines is 1. The van der Waals surface area contributed by atoms with Crippen LogP contribution in [0.1, 0.15) is 25.3 Å². The lowest BCUT2D eigenvalue weighted by Crippen LogP contribution is -2.37. The number of ether oxygens (including phenoxy) is 1. The molecule has 1 aromatic carbocycles. The Balaban J connectivity index is 2.06. The van der Waals surface area contributed by atoms with Gasteiger partial charge in [-0.25, -0.2) is 0 Å². The van der Waals surface area contributed by atoms with Gasteiger partial charge in [0.25, 0.3) is 0 Å². The minimum atomic E-state index is -0.0955. The third-order valence-corrected chi connectivity index (χ3v) is 4.03. The van der Waals surface area contributed by atoms with Crippen molar-refractivity contribution in [2.75, 3.05) is 24.6 Å². The molecule has 0 radical (unpaired) electrons. The number of nitriles is 1. The Morgan fingerprint density at radius 3 is 2.80 bits per heavy atom. The molecule has 4 nitrogen and oxygen atoms in total. The summed E-state index contributed by atoms with van der Waals surface area (Å²) in [5.41, 5.74) is 1.60. The molecule has 20 heavy (non-hydrogen) atoms. The summed E-state index contributed by atoms with van der Waals surface area (Å²) in [5, 5.41) is 9.18. The number of halogens is 1. The molecular formula is C15H17BrN2O2. The van der Waals surface area contributed by atoms with Gasteiger partial charge < -0.3 is 9.64 Å². The number of esters is 1. The maximum absolute atomic E-state index is 11.7. The summed E-state index contributed by atoms with van der Waals surface area (Å²) >= 11 is 3.44. The van der Waals surface area contributed by atoms with E-state index in [0.29, 0.717) is 12.2 Å². The fourth-order valence-corrected chi connectivity index (χ4v) is 2.83. The molecule has 1 aliphatic rings. The number of carbonyl (C=O) groups is 1. The second kappa shape index (κ2) is 6.76. The van der Waals surface area contributed by atoms with Crippen LogP contribution in [-0.2, 0) is 9.53 Å². The van der Waals surface area contributed by atoms with Crippen molar-refractivity contribution >= 4 is 27.6 Å². The summed E-state index contributed by atoms with van der Waals surface area (Å²) < 4.78 is 6.03. The lowest BCUT2D eigenvalue weighted by Gasteiger charge is -2.33. The van der Waals surface area contributed by atoms with Crippen LogP contribution in [0, 0.1) is 17.2 Å². The third-order valence-electron chi connectivity index (χ3n) is 3.54. The van der Waals surface area contributed by atoms with Gasteiger partial charge in [-0.1, -0.05) is 15.9 Å². The Morgan fingerprint density at radius 2 is 2.20 bits per heavy atom. The predicted octanol–water partition coefficient (Wildman–Crippen LogP) is 3.10. The van der Waals surface area contributed by atoms with Gasteiger partial charge in [0.15, 0.2) is 0 Å². The van der Waals surface area contributed by atoms with E-state index in [1.165, 1.54) is 0 Å². The van der Waals surface area contributed by atoms with Crippen LogP contribution in [0.3, 0.4) is 0 Å². The van der Waals surface area contributed by atoms with Crippen molar-refractivity contribution in [1.29, 1.82) is 5.26 Å². The number of carbonyl (C=O) groups excluding carboxylic acids is 1. The summed E-state index contributed by atoms with van der Waals surface area (Å²) in [7, 11) is 0. The molecule has 0 spiro atoms. The number of rotatable bonds is 3. The smallest absolute Gasteiger partial charge is 0.309 e. The Morgan fingerprint density at radius 1 is 1.50 bits per heavy atom. The molecule has 1 aromatic rings. The molecule has 5 heteroatoms. The lowest BCUT2D eigenvalue weighted by molar-refractivity contribution is -0.148. The molecule has 1 fully saturated rings. The second-order valence-corrected chi connectivity index (χ2v) is 5.70. The maximum atomic E-state index is 11.7. The molecule has 0 aromatic heterocycles. The molecule has 1 heterocycles. The zero-order chi connectivity index (χ0) is 14.5. The van der Waals surface area contributed by atoms with E-state index >= 15 is 0 Å². The van der Waals surface area contributed by atoms with Crippen molar-refractivity contribution in [3.8, 4) is 6.07 Å². The van der Waals surface area contributed by atoms with E-state index in [1.54, 1.807) is 0 Å². The van der Waals surface area contributed by atoms with Crippen LogP contribution in [0.15, 0.2) is 22.7 Å². The number of benzene rings is 1. The average molecular weight is 337 g/mol. The minimum absolute atomic E-state index is 0.0103. The maximum Gasteiger partial charge on any atom is 0.309 e. The van der Waals surface area contributed by atoms with Crippen LogP contribution < -0.4 is 4.90 Å². The van der Waals surface area contributed by atoms with Crippen LogP contribution >= 0.6 is 15.9 Å². The fraction of sp³-hybridized carbons (Fsp3) is 0.467. The van der Waals surface area contributed by atoms with Gasteiger partial charge in [0, 0.05) is 17.6 Å².